The van der Waals surface area contributed by atoms with E-state index >= 15 is 0 Å². The Morgan fingerprint density at radius 2 is 2.23 bits per heavy atom. The fourth-order valence-electron chi connectivity index (χ4n) is 1.13. The second kappa shape index (κ2) is 2.74. The van der Waals surface area contributed by atoms with Crippen LogP contribution < -0.4 is 11.3 Å². The molecule has 0 radical (unpaired) electrons. The van der Waals surface area contributed by atoms with E-state index in [-0.39, 0.29) is 11.4 Å². The smallest absolute Gasteiger partial charge is 0.261 e. The van der Waals surface area contributed by atoms with Gasteiger partial charge in [-0.3, -0.25) is 9.20 Å². The standard InChI is InChI=1S/C8H6ClN3O/c9-5-2-1-3-7-11-6(10)4-8(13)12(5)7/h1-4H,10H2. The van der Waals surface area contributed by atoms with Crippen molar-refractivity contribution in [1.29, 1.82) is 0 Å². The van der Waals surface area contributed by atoms with Crippen LogP contribution in [0.5, 0.6) is 0 Å². The lowest BCUT2D eigenvalue weighted by atomic mass is 10.4. The quantitative estimate of drug-likeness (QED) is 0.637. The summed E-state index contributed by atoms with van der Waals surface area (Å²) < 4.78 is 1.29. The predicted octanol–water partition coefficient (Wildman–Crippen LogP) is 0.930. The predicted molar refractivity (Wildman–Crippen MR) is 50.9 cm³/mol. The van der Waals surface area contributed by atoms with Gasteiger partial charge in [0, 0.05) is 6.07 Å². The van der Waals surface area contributed by atoms with Crippen LogP contribution in [-0.4, -0.2) is 9.38 Å². The molecule has 2 heterocycles. The molecule has 0 aromatic carbocycles. The molecule has 0 spiro atoms. The average molecular weight is 196 g/mol. The summed E-state index contributed by atoms with van der Waals surface area (Å²) in [6.45, 7) is 0. The van der Waals surface area contributed by atoms with E-state index in [0.717, 1.165) is 0 Å². The highest BCUT2D eigenvalue weighted by Crippen LogP contribution is 2.08. The van der Waals surface area contributed by atoms with Crippen molar-refractivity contribution in [3.05, 3.63) is 39.8 Å². The molecule has 13 heavy (non-hydrogen) atoms. The molecule has 0 atom stereocenters. The summed E-state index contributed by atoms with van der Waals surface area (Å²) >= 11 is 5.80. The fourth-order valence-corrected chi connectivity index (χ4v) is 1.38. The Balaban J connectivity index is 3.03. The molecule has 4 nitrogen and oxygen atoms in total. The van der Waals surface area contributed by atoms with Gasteiger partial charge < -0.3 is 5.73 Å². The summed E-state index contributed by atoms with van der Waals surface area (Å²) in [5.74, 6) is 0.201. The molecule has 0 amide bonds. The van der Waals surface area contributed by atoms with Crippen molar-refractivity contribution in [2.45, 2.75) is 0 Å². The Morgan fingerprint density at radius 3 is 3.00 bits per heavy atom. The molecule has 2 N–H and O–H groups in total. The number of nitrogens with two attached hydrogens (primary N) is 1. The number of pyridine rings is 1. The van der Waals surface area contributed by atoms with Crippen LogP contribution in [0.3, 0.4) is 0 Å². The molecule has 0 aliphatic heterocycles. The van der Waals surface area contributed by atoms with Gasteiger partial charge in [0.1, 0.15) is 16.6 Å². The summed E-state index contributed by atoms with van der Waals surface area (Å²) in [4.78, 5) is 15.3. The third-order valence-electron chi connectivity index (χ3n) is 1.66. The minimum atomic E-state index is -0.270. The van der Waals surface area contributed by atoms with Gasteiger partial charge in [-0.25, -0.2) is 4.98 Å². The van der Waals surface area contributed by atoms with Crippen molar-refractivity contribution in [2.75, 3.05) is 5.73 Å². The number of hydrogen-bond donors (Lipinski definition) is 1. The van der Waals surface area contributed by atoms with Crippen LogP contribution in [0.2, 0.25) is 5.15 Å². The minimum Gasteiger partial charge on any atom is -0.383 e. The van der Waals surface area contributed by atoms with E-state index in [2.05, 4.69) is 4.98 Å². The van der Waals surface area contributed by atoms with Crippen molar-refractivity contribution in [2.24, 2.45) is 0 Å². The fraction of sp³-hybridized carbons (Fsp3) is 0. The Hall–Kier alpha value is -1.55. The van der Waals surface area contributed by atoms with Crippen molar-refractivity contribution in [3.63, 3.8) is 0 Å². The number of fused-ring (bicyclic) bond motifs is 1. The van der Waals surface area contributed by atoms with Gasteiger partial charge in [0.05, 0.1) is 0 Å². The molecule has 0 saturated carbocycles. The molecule has 0 saturated heterocycles. The molecular weight excluding hydrogens is 190 g/mol. The molecule has 66 valence electrons. The van der Waals surface area contributed by atoms with E-state index in [1.807, 2.05) is 0 Å². The zero-order valence-corrected chi connectivity index (χ0v) is 7.32. The lowest BCUT2D eigenvalue weighted by molar-refractivity contribution is 1.05. The van der Waals surface area contributed by atoms with Gasteiger partial charge in [-0.1, -0.05) is 17.7 Å². The molecule has 2 aromatic rings. The normalized spacial score (nSPS) is 10.5. The summed E-state index contributed by atoms with van der Waals surface area (Å²) in [5.41, 5.74) is 5.59. The summed E-state index contributed by atoms with van der Waals surface area (Å²) in [7, 11) is 0. The van der Waals surface area contributed by atoms with Crippen molar-refractivity contribution < 1.29 is 0 Å². The van der Waals surface area contributed by atoms with Crippen molar-refractivity contribution >= 4 is 23.1 Å². The number of anilines is 1. The first kappa shape index (κ1) is 8.07. The summed E-state index contributed by atoms with van der Waals surface area (Å²) in [5, 5.41) is 0.329. The molecular formula is C8H6ClN3O. The maximum Gasteiger partial charge on any atom is 0.261 e. The van der Waals surface area contributed by atoms with E-state index in [0.29, 0.717) is 10.8 Å². The second-order valence-corrected chi connectivity index (χ2v) is 2.95. The highest BCUT2D eigenvalue weighted by Gasteiger charge is 2.01. The van der Waals surface area contributed by atoms with Crippen LogP contribution in [0.25, 0.3) is 5.65 Å². The topological polar surface area (TPSA) is 60.4 Å². The lowest BCUT2D eigenvalue weighted by Gasteiger charge is -2.01. The van der Waals surface area contributed by atoms with Crippen LogP contribution >= 0.6 is 11.6 Å². The number of nitrogens with zero attached hydrogens (tertiary/aromatic N) is 2. The monoisotopic (exact) mass is 195 g/mol. The van der Waals surface area contributed by atoms with E-state index in [9.17, 15) is 4.79 Å². The number of hydrogen-bond acceptors (Lipinski definition) is 3. The molecule has 0 unspecified atom stereocenters. The van der Waals surface area contributed by atoms with Crippen LogP contribution in [0.4, 0.5) is 5.82 Å². The molecule has 2 aromatic heterocycles. The maximum absolute atomic E-state index is 11.4. The average Bonchev–Trinajstić information content (AvgIpc) is 2.02. The Kier molecular flexibility index (Phi) is 1.70. The SMILES string of the molecule is Nc1cc(=O)n2c(Cl)cccc2n1. The minimum absolute atomic E-state index is 0.201. The first-order valence-electron chi connectivity index (χ1n) is 3.62. The van der Waals surface area contributed by atoms with Gasteiger partial charge in [0.2, 0.25) is 0 Å². The highest BCUT2D eigenvalue weighted by atomic mass is 35.5. The van der Waals surface area contributed by atoms with E-state index in [1.54, 1.807) is 18.2 Å². The first-order chi connectivity index (χ1) is 6.18. The molecule has 0 aliphatic rings. The van der Waals surface area contributed by atoms with Gasteiger partial charge in [0.15, 0.2) is 0 Å². The second-order valence-electron chi connectivity index (χ2n) is 2.56. The Bertz CT molecular complexity index is 520. The molecule has 2 rings (SSSR count). The van der Waals surface area contributed by atoms with Crippen LogP contribution in [0, 0.1) is 0 Å². The summed E-state index contributed by atoms with van der Waals surface area (Å²) in [6.07, 6.45) is 0. The molecule has 5 heteroatoms. The van der Waals surface area contributed by atoms with Gasteiger partial charge in [-0.05, 0) is 12.1 Å². The van der Waals surface area contributed by atoms with Crippen molar-refractivity contribution in [1.82, 2.24) is 9.38 Å². The maximum atomic E-state index is 11.4. The van der Waals surface area contributed by atoms with Gasteiger partial charge >= 0.3 is 0 Å². The summed E-state index contributed by atoms with van der Waals surface area (Å²) in [6, 6.07) is 6.24. The number of aromatic nitrogens is 2. The third-order valence-corrected chi connectivity index (χ3v) is 1.95. The Labute approximate surface area is 78.6 Å². The lowest BCUT2D eigenvalue weighted by Crippen LogP contribution is -2.15. The third kappa shape index (κ3) is 1.25. The first-order valence-corrected chi connectivity index (χ1v) is 4.00. The highest BCUT2D eigenvalue weighted by molar-refractivity contribution is 6.29. The molecule has 0 aliphatic carbocycles. The Morgan fingerprint density at radius 1 is 1.46 bits per heavy atom. The zero-order valence-electron chi connectivity index (χ0n) is 6.57. The van der Waals surface area contributed by atoms with Crippen LogP contribution in [-0.2, 0) is 0 Å². The van der Waals surface area contributed by atoms with E-state index in [1.165, 1.54) is 10.5 Å². The van der Waals surface area contributed by atoms with Crippen LogP contribution in [0.15, 0.2) is 29.1 Å². The van der Waals surface area contributed by atoms with Crippen molar-refractivity contribution in [3.8, 4) is 0 Å². The number of halogens is 1. The van der Waals surface area contributed by atoms with Gasteiger partial charge in [0.25, 0.3) is 5.56 Å². The largest absolute Gasteiger partial charge is 0.383 e. The van der Waals surface area contributed by atoms with Gasteiger partial charge in [-0.15, -0.1) is 0 Å². The van der Waals surface area contributed by atoms with E-state index in [4.69, 9.17) is 17.3 Å². The molecule has 0 bridgehead atoms. The number of rotatable bonds is 0. The van der Waals surface area contributed by atoms with Crippen LogP contribution in [0.1, 0.15) is 0 Å². The van der Waals surface area contributed by atoms with E-state index < -0.39 is 0 Å². The zero-order chi connectivity index (χ0) is 9.42. The number of nitrogen functional groups attached to an aromatic ring is 1. The van der Waals surface area contributed by atoms with Gasteiger partial charge in [-0.2, -0.15) is 0 Å². The molecule has 0 fully saturated rings.